The predicted octanol–water partition coefficient (Wildman–Crippen LogP) is 6.80. The number of hydrogen-bond donors (Lipinski definition) is 4. The Hall–Kier alpha value is -3.12. The van der Waals surface area contributed by atoms with Gasteiger partial charge in [0.2, 0.25) is 5.17 Å². The number of hydrogen-bond acceptors (Lipinski definition) is 9. The molecule has 4 aromatic rings. The number of rotatable bonds is 12. The second-order valence-electron chi connectivity index (χ2n) is 21.2. The van der Waals surface area contributed by atoms with E-state index in [9.17, 15) is 10.2 Å². The summed E-state index contributed by atoms with van der Waals surface area (Å²) in [6, 6.07) is 41.7. The fraction of sp³-hybridized carbons (Fsp3) is 0.421. The molecule has 1 heterocycles. The van der Waals surface area contributed by atoms with E-state index in [1.165, 1.54) is 26.8 Å². The van der Waals surface area contributed by atoms with Crippen LogP contribution in [0.4, 0.5) is 0 Å². The van der Waals surface area contributed by atoms with Gasteiger partial charge in [-0.05, 0) is 62.2 Å². The van der Waals surface area contributed by atoms with Crippen LogP contribution in [0.1, 0.15) is 68.7 Å². The monoisotopic (exact) mass is 1160 g/mol. The molecule has 3 atom stereocenters. The van der Waals surface area contributed by atoms with E-state index in [0.717, 1.165) is 0 Å². The van der Waals surface area contributed by atoms with Gasteiger partial charge >= 0.3 is 23.1 Å². The van der Waals surface area contributed by atoms with E-state index >= 15 is 0 Å². The van der Waals surface area contributed by atoms with Crippen LogP contribution in [0.5, 0.6) is 0 Å². The van der Waals surface area contributed by atoms with Crippen LogP contribution in [0.3, 0.4) is 0 Å². The molecule has 396 valence electrons. The normalized spacial score (nSPS) is 14.3. The second kappa shape index (κ2) is 34.5. The molecule has 0 spiro atoms. The molecular formula is C57H84BrClMgN2O7Si4. The largest absolute Gasteiger partial charge is 2.00 e. The molecule has 9 nitrogen and oxygen atoms in total. The van der Waals surface area contributed by atoms with Crippen LogP contribution in [0.15, 0.2) is 144 Å². The Labute approximate surface area is 476 Å². The number of benzene rings is 4. The first-order chi connectivity index (χ1) is 33.1. The standard InChI is InChI=1S/C26H35NO3Si2.C20H26O2Si.C6H10ClNOSi.C3H8O.C2H5.BrH.Mg/c1-26(2,3)32(22-13-9-7-10-14-22,23-15-11-8-12-16-23)29-20-24(28)25-19-21(27-30-25)17-18-31(4,5)6;1-5-17(21)16-22-23(20(2,3)4,18-12-8-6-9-13-18)19-14-10-7-11-15-19;1-10(2,3)5-4-6(7)8-9;1-3(2)4;1-2;;/h7-16,24-25,28H,19-20H2,1-6H3;5-15,17,21H,1,16H2,2-4H3;9H,1-3H3;3-4H,1-2H3;1H2,2H3;1H;/q;;;;-1;;+2/p-1/b;;8-6-;;;;/t24-,25-;17-;;;;;/m01...../s1. The average molecular weight is 1160 g/mol. The van der Waals surface area contributed by atoms with Crippen molar-refractivity contribution in [2.24, 2.45) is 10.3 Å². The maximum absolute atomic E-state index is 11.0. The molecule has 0 saturated heterocycles. The molecule has 0 aliphatic carbocycles. The Kier molecular flexibility index (Phi) is 34.0. The van der Waals surface area contributed by atoms with Crippen molar-refractivity contribution < 1.29 is 51.2 Å². The zero-order valence-electron chi connectivity index (χ0n) is 46.3. The number of nitrogens with zero attached hydrogens (tertiary/aromatic N) is 2. The zero-order chi connectivity index (χ0) is 54.1. The van der Waals surface area contributed by atoms with Crippen molar-refractivity contribution in [1.82, 2.24) is 0 Å². The number of aliphatic hydroxyl groups excluding tert-OH is 3. The van der Waals surface area contributed by atoms with Crippen molar-refractivity contribution in [1.29, 1.82) is 0 Å². The van der Waals surface area contributed by atoms with Crippen molar-refractivity contribution in [3.63, 3.8) is 0 Å². The SMILES string of the molecule is C=C[C@@H](O)CO[Si](c1ccccc1)(c1ccccc1)C(C)(C)C.CC(C)(C)[Si](OC[C@H](O)[C@@H]1CC(C#C[Si](C)(C)C)=NO1)(c1ccccc1)c1ccccc1.CC(C)O.C[Si](C)(C)C#C/C(Cl)=N/O.[Br-].[CH2-]C.[Mg+2]. The van der Waals surface area contributed by atoms with Crippen molar-refractivity contribution in [2.45, 2.75) is 143 Å². The maximum Gasteiger partial charge on any atom is 2.00 e. The summed E-state index contributed by atoms with van der Waals surface area (Å²) >= 11 is 5.32. The van der Waals surface area contributed by atoms with Gasteiger partial charge in [0.15, 0.2) is 6.10 Å². The van der Waals surface area contributed by atoms with E-state index in [0.29, 0.717) is 12.1 Å². The van der Waals surface area contributed by atoms with Crippen molar-refractivity contribution in [3.8, 4) is 22.9 Å². The third-order valence-electron chi connectivity index (χ3n) is 10.4. The van der Waals surface area contributed by atoms with E-state index in [1.807, 2.05) is 24.3 Å². The maximum atomic E-state index is 11.0. The summed E-state index contributed by atoms with van der Waals surface area (Å²) < 4.78 is 13.4. The summed E-state index contributed by atoms with van der Waals surface area (Å²) in [4.78, 5) is 5.54. The molecule has 1 aliphatic heterocycles. The summed E-state index contributed by atoms with van der Waals surface area (Å²) in [5.41, 5.74) is 6.96. The molecular weight excluding hydrogens is 1080 g/mol. The van der Waals surface area contributed by atoms with Gasteiger partial charge < -0.3 is 58.1 Å². The average Bonchev–Trinajstić information content (AvgIpc) is 3.81. The molecule has 0 saturated carbocycles. The minimum atomic E-state index is -2.70. The summed E-state index contributed by atoms with van der Waals surface area (Å²) in [5, 5.41) is 48.5. The van der Waals surface area contributed by atoms with Crippen LogP contribution < -0.4 is 37.7 Å². The molecule has 4 N–H and O–H groups in total. The first-order valence-electron chi connectivity index (χ1n) is 24.2. The Balaban J connectivity index is 0. The Morgan fingerprint density at radius 2 is 1.04 bits per heavy atom. The topological polar surface area (TPSA) is 133 Å². The fourth-order valence-electron chi connectivity index (χ4n) is 7.32. The van der Waals surface area contributed by atoms with E-state index in [2.05, 4.69) is 225 Å². The number of halogens is 2. The molecule has 0 amide bonds. The Bertz CT molecular complexity index is 2260. The van der Waals surface area contributed by atoms with Crippen LogP contribution in [0, 0.1) is 29.9 Å². The quantitative estimate of drug-likeness (QED) is 0.0234. The van der Waals surface area contributed by atoms with Gasteiger partial charge in [0.05, 0.1) is 19.3 Å². The summed E-state index contributed by atoms with van der Waals surface area (Å²) in [6.45, 7) is 38.7. The van der Waals surface area contributed by atoms with Gasteiger partial charge in [-0.15, -0.1) is 17.7 Å². The summed E-state index contributed by atoms with van der Waals surface area (Å²) in [7, 11) is -8.09. The fourth-order valence-corrected chi connectivity index (χ4v) is 17.6. The Morgan fingerprint density at radius 3 is 1.33 bits per heavy atom. The van der Waals surface area contributed by atoms with Gasteiger partial charge in [-0.3, -0.25) is 0 Å². The molecule has 0 fully saturated rings. The van der Waals surface area contributed by atoms with E-state index < -0.39 is 51.1 Å². The number of aliphatic hydroxyl groups is 3. The second-order valence-corrected chi connectivity index (χ2v) is 39.7. The zero-order valence-corrected chi connectivity index (χ0v) is 54.1. The van der Waals surface area contributed by atoms with E-state index in [4.69, 9.17) is 35.6 Å². The van der Waals surface area contributed by atoms with E-state index in [1.54, 1.807) is 20.8 Å². The third-order valence-corrected chi connectivity index (χ3v) is 22.3. The third kappa shape index (κ3) is 24.6. The van der Waals surface area contributed by atoms with Crippen molar-refractivity contribution in [3.05, 3.63) is 141 Å². The van der Waals surface area contributed by atoms with Crippen molar-refractivity contribution >= 4 is 99.1 Å². The van der Waals surface area contributed by atoms with Crippen molar-refractivity contribution in [2.75, 3.05) is 13.2 Å². The molecule has 0 unspecified atom stereocenters. The molecule has 73 heavy (non-hydrogen) atoms. The van der Waals surface area contributed by atoms with Gasteiger partial charge in [-0.25, -0.2) is 0 Å². The first kappa shape index (κ1) is 72.0. The van der Waals surface area contributed by atoms with Gasteiger partial charge in [0, 0.05) is 12.5 Å². The van der Waals surface area contributed by atoms with Gasteiger partial charge in [0.1, 0.15) is 28.0 Å². The smallest absolute Gasteiger partial charge is 1.00 e. The van der Waals surface area contributed by atoms with E-state index in [-0.39, 0.29) is 74.6 Å². The van der Waals surface area contributed by atoms with Crippen LogP contribution in [0.25, 0.3) is 0 Å². The predicted molar refractivity (Wildman–Crippen MR) is 318 cm³/mol. The van der Waals surface area contributed by atoms with Crippen LogP contribution in [0.2, 0.25) is 49.4 Å². The first-order valence-corrected chi connectivity index (χ1v) is 35.4. The molecule has 16 heteroatoms. The van der Waals surface area contributed by atoms with Crippen LogP contribution in [-0.2, 0) is 13.7 Å². The molecule has 5 rings (SSSR count). The van der Waals surface area contributed by atoms with Crippen LogP contribution in [-0.4, -0.2) is 125 Å². The molecule has 0 bridgehead atoms. The summed E-state index contributed by atoms with van der Waals surface area (Å²) in [6.07, 6.45) is 0.00276. The van der Waals surface area contributed by atoms with Crippen LogP contribution >= 0.6 is 11.6 Å². The Morgan fingerprint density at radius 1 is 0.712 bits per heavy atom. The minimum absolute atomic E-state index is 0. The molecule has 4 aromatic carbocycles. The summed E-state index contributed by atoms with van der Waals surface area (Å²) in [5.74, 6) is 5.70. The van der Waals surface area contributed by atoms with Gasteiger partial charge in [0.25, 0.3) is 16.6 Å². The minimum Gasteiger partial charge on any atom is -1.00 e. The molecule has 0 radical (unpaired) electrons. The van der Waals surface area contributed by atoms with Gasteiger partial charge in [-0.1, -0.05) is 224 Å². The molecule has 0 aromatic heterocycles. The molecule has 1 aliphatic rings. The number of oxime groups is 2. The van der Waals surface area contributed by atoms with Gasteiger partial charge in [-0.2, -0.15) is 6.92 Å².